The van der Waals surface area contributed by atoms with Gasteiger partial charge in [-0.1, -0.05) is 18.9 Å². The average Bonchev–Trinajstić information content (AvgIpc) is 2.98. The number of benzene rings is 3. The molecule has 0 aliphatic heterocycles. The highest BCUT2D eigenvalue weighted by Crippen LogP contribution is 2.45. The number of allylic oxidation sites excluding steroid dienone is 1. The quantitative estimate of drug-likeness (QED) is 0.131. The largest absolute Gasteiger partial charge is 0.432 e. The number of rotatable bonds is 9. The van der Waals surface area contributed by atoms with Crippen molar-refractivity contribution in [2.75, 3.05) is 0 Å². The lowest BCUT2D eigenvalue weighted by Crippen LogP contribution is -2.27. The lowest BCUT2D eigenvalue weighted by atomic mass is 9.68. The monoisotopic (exact) mass is 622 g/mol. The Balaban J connectivity index is 1.24. The van der Waals surface area contributed by atoms with Crippen molar-refractivity contribution in [1.82, 2.24) is 0 Å². The minimum Gasteiger partial charge on any atom is -0.429 e. The van der Waals surface area contributed by atoms with Crippen molar-refractivity contribution in [3.05, 3.63) is 101 Å². The number of halogens is 8. The molecule has 1 nitrogen and oxygen atoms in total. The lowest BCUT2D eigenvalue weighted by Gasteiger charge is -2.38. The third-order valence-corrected chi connectivity index (χ3v) is 9.42. The van der Waals surface area contributed by atoms with Crippen molar-refractivity contribution in [3.63, 3.8) is 0 Å². The van der Waals surface area contributed by atoms with Gasteiger partial charge in [0.05, 0.1) is 0 Å². The summed E-state index contributed by atoms with van der Waals surface area (Å²) >= 11 is 0. The Morgan fingerprint density at radius 1 is 0.705 bits per heavy atom. The first kappa shape index (κ1) is 32.0. The van der Waals surface area contributed by atoms with Crippen molar-refractivity contribution in [1.29, 1.82) is 0 Å². The number of ether oxygens (including phenoxy) is 1. The van der Waals surface area contributed by atoms with Crippen LogP contribution >= 0.6 is 0 Å². The summed E-state index contributed by atoms with van der Waals surface area (Å²) in [6.07, 6.45) is 7.82. The van der Waals surface area contributed by atoms with E-state index in [9.17, 15) is 17.6 Å². The van der Waals surface area contributed by atoms with Gasteiger partial charge in [-0.25, -0.2) is 26.3 Å². The van der Waals surface area contributed by atoms with Crippen LogP contribution in [0.2, 0.25) is 0 Å². The van der Waals surface area contributed by atoms with Crippen molar-refractivity contribution in [3.8, 4) is 16.9 Å². The Bertz CT molecular complexity index is 1440. The van der Waals surface area contributed by atoms with E-state index in [1.165, 1.54) is 32.1 Å². The van der Waals surface area contributed by atoms with Crippen LogP contribution in [0.25, 0.3) is 11.1 Å². The van der Waals surface area contributed by atoms with Crippen LogP contribution < -0.4 is 4.74 Å². The molecule has 2 fully saturated rings. The van der Waals surface area contributed by atoms with Crippen LogP contribution in [0.1, 0.15) is 81.3 Å². The van der Waals surface area contributed by atoms with E-state index < -0.39 is 57.9 Å². The van der Waals surface area contributed by atoms with E-state index in [0.29, 0.717) is 35.6 Å². The maximum Gasteiger partial charge on any atom is 0.432 e. The highest BCUT2D eigenvalue weighted by Gasteiger charge is 2.42. The van der Waals surface area contributed by atoms with Crippen LogP contribution in [0.4, 0.5) is 35.1 Å². The Morgan fingerprint density at radius 3 is 1.82 bits per heavy atom. The molecule has 9 heteroatoms. The third kappa shape index (κ3) is 6.97. The van der Waals surface area contributed by atoms with Gasteiger partial charge >= 0.3 is 6.11 Å². The Labute approximate surface area is 251 Å². The zero-order chi connectivity index (χ0) is 31.6. The van der Waals surface area contributed by atoms with Crippen LogP contribution in [0, 0.1) is 52.7 Å². The van der Waals surface area contributed by atoms with E-state index in [1.807, 2.05) is 6.08 Å². The van der Waals surface area contributed by atoms with Crippen LogP contribution in [0.5, 0.6) is 5.75 Å². The number of hydrogen-bond acceptors (Lipinski definition) is 1. The highest BCUT2D eigenvalue weighted by atomic mass is 19.3. The van der Waals surface area contributed by atoms with E-state index in [1.54, 1.807) is 0 Å². The van der Waals surface area contributed by atoms with Crippen LogP contribution in [0.15, 0.2) is 55.1 Å². The summed E-state index contributed by atoms with van der Waals surface area (Å²) in [5.74, 6) is -8.01. The summed E-state index contributed by atoms with van der Waals surface area (Å²) in [5, 5.41) is 0. The third-order valence-electron chi connectivity index (χ3n) is 9.42. The SMILES string of the molecule is C=CCCC1CCC(C2CCC(c3cc(F)c(C(F)(F)Oc4ccc(-c5cc(F)c(F)c(F)c5)c(F)c4)c(F)c3)CC2)CC1. The van der Waals surface area contributed by atoms with Gasteiger partial charge in [0, 0.05) is 11.6 Å². The molecular weight excluding hydrogens is 588 g/mol. The molecule has 5 rings (SSSR count). The summed E-state index contributed by atoms with van der Waals surface area (Å²) in [6, 6.07) is 5.15. The molecule has 236 valence electrons. The summed E-state index contributed by atoms with van der Waals surface area (Å²) in [5.41, 5.74) is -2.09. The average molecular weight is 623 g/mol. The molecule has 3 aromatic rings. The Hall–Kier alpha value is -3.36. The van der Waals surface area contributed by atoms with Gasteiger partial charge in [0.25, 0.3) is 0 Å². The van der Waals surface area contributed by atoms with Crippen molar-refractivity contribution in [2.24, 2.45) is 17.8 Å². The van der Waals surface area contributed by atoms with Gasteiger partial charge in [0.2, 0.25) is 0 Å². The molecule has 0 amide bonds. The first-order valence-electron chi connectivity index (χ1n) is 15.1. The molecule has 2 aliphatic rings. The summed E-state index contributed by atoms with van der Waals surface area (Å²) < 4.78 is 120. The van der Waals surface area contributed by atoms with Gasteiger partial charge in [-0.3, -0.25) is 0 Å². The van der Waals surface area contributed by atoms with Crippen LogP contribution in [-0.4, -0.2) is 0 Å². The molecule has 0 spiro atoms. The summed E-state index contributed by atoms with van der Waals surface area (Å²) in [4.78, 5) is 0. The van der Waals surface area contributed by atoms with E-state index in [4.69, 9.17) is 0 Å². The minimum absolute atomic E-state index is 0.148. The van der Waals surface area contributed by atoms with Gasteiger partial charge in [0.1, 0.15) is 28.8 Å². The summed E-state index contributed by atoms with van der Waals surface area (Å²) in [6.45, 7) is 3.80. The van der Waals surface area contributed by atoms with Gasteiger partial charge in [0.15, 0.2) is 17.5 Å². The smallest absolute Gasteiger partial charge is 0.429 e. The minimum atomic E-state index is -4.50. The Morgan fingerprint density at radius 2 is 1.27 bits per heavy atom. The molecular formula is C35H34F8O. The highest BCUT2D eigenvalue weighted by molar-refractivity contribution is 5.65. The van der Waals surface area contributed by atoms with Gasteiger partial charge in [-0.05, 0) is 123 Å². The van der Waals surface area contributed by atoms with E-state index in [-0.39, 0.29) is 11.5 Å². The normalized spacial score (nSPS) is 22.5. The van der Waals surface area contributed by atoms with Crippen molar-refractivity contribution >= 4 is 0 Å². The zero-order valence-corrected chi connectivity index (χ0v) is 24.1. The Kier molecular flexibility index (Phi) is 9.71. The fourth-order valence-corrected chi connectivity index (χ4v) is 7.04. The first-order chi connectivity index (χ1) is 21.0. The van der Waals surface area contributed by atoms with Crippen LogP contribution in [0.3, 0.4) is 0 Å². The standard InChI is InChI=1S/C35H34F8O/c1-2-3-4-20-5-7-21(8-6-20)22-9-11-23(12-10-22)24-15-29(37)33(30(38)16-24)35(42,43)44-26-13-14-27(28(36)19-26)25-17-31(39)34(41)32(40)18-25/h2,13-23H,1,3-12H2. The topological polar surface area (TPSA) is 9.23 Å². The second-order valence-corrected chi connectivity index (χ2v) is 12.1. The van der Waals surface area contributed by atoms with E-state index in [0.717, 1.165) is 62.3 Å². The summed E-state index contributed by atoms with van der Waals surface area (Å²) in [7, 11) is 0. The lowest BCUT2D eigenvalue weighted by molar-refractivity contribution is -0.189. The number of alkyl halides is 2. The van der Waals surface area contributed by atoms with Crippen molar-refractivity contribution in [2.45, 2.75) is 76.2 Å². The van der Waals surface area contributed by atoms with Crippen molar-refractivity contribution < 1.29 is 39.9 Å². The molecule has 0 bridgehead atoms. The molecule has 2 aliphatic carbocycles. The molecule has 44 heavy (non-hydrogen) atoms. The molecule has 0 N–H and O–H groups in total. The molecule has 0 aromatic heterocycles. The molecule has 0 saturated heterocycles. The first-order valence-corrected chi connectivity index (χ1v) is 15.1. The van der Waals surface area contributed by atoms with Crippen LogP contribution in [-0.2, 0) is 6.11 Å². The second kappa shape index (κ2) is 13.3. The zero-order valence-electron chi connectivity index (χ0n) is 24.1. The maximum absolute atomic E-state index is 15.0. The molecule has 0 atom stereocenters. The number of hydrogen-bond donors (Lipinski definition) is 0. The second-order valence-electron chi connectivity index (χ2n) is 12.1. The predicted octanol–water partition coefficient (Wildman–Crippen LogP) is 11.4. The molecule has 3 aromatic carbocycles. The molecule has 0 heterocycles. The van der Waals surface area contributed by atoms with E-state index in [2.05, 4.69) is 11.3 Å². The maximum atomic E-state index is 15.0. The molecule has 0 unspecified atom stereocenters. The van der Waals surface area contributed by atoms with E-state index >= 15 is 17.6 Å². The van der Waals surface area contributed by atoms with Gasteiger partial charge in [-0.15, -0.1) is 6.58 Å². The fourth-order valence-electron chi connectivity index (χ4n) is 7.04. The fraction of sp³-hybridized carbons (Fsp3) is 0.429. The predicted molar refractivity (Wildman–Crippen MR) is 152 cm³/mol. The van der Waals surface area contributed by atoms with Gasteiger partial charge in [-0.2, -0.15) is 8.78 Å². The molecule has 2 saturated carbocycles. The molecule has 0 radical (unpaired) electrons. The van der Waals surface area contributed by atoms with Gasteiger partial charge < -0.3 is 4.74 Å².